The van der Waals surface area contributed by atoms with Crippen molar-refractivity contribution in [1.82, 2.24) is 5.32 Å². The molecule has 100 valence electrons. The molecule has 1 fully saturated rings. The molecule has 2 rings (SSSR count). The average molecular weight is 272 g/mol. The van der Waals surface area contributed by atoms with Crippen LogP contribution in [-0.4, -0.2) is 19.3 Å². The van der Waals surface area contributed by atoms with Crippen LogP contribution in [0.25, 0.3) is 0 Å². The van der Waals surface area contributed by atoms with Gasteiger partial charge in [-0.3, -0.25) is 0 Å². The number of halogens is 2. The van der Waals surface area contributed by atoms with Gasteiger partial charge in [0.05, 0.1) is 12.1 Å². The van der Waals surface area contributed by atoms with Crippen LogP contribution in [0.5, 0.6) is 0 Å². The Kier molecular flexibility index (Phi) is 4.60. The zero-order chi connectivity index (χ0) is 13.1. The minimum atomic E-state index is -0.267. The number of hydrogen-bond acceptors (Lipinski definition) is 2. The smallest absolute Gasteiger partial charge is 0.129 e. The third kappa shape index (κ3) is 2.85. The first-order chi connectivity index (χ1) is 8.63. The summed E-state index contributed by atoms with van der Waals surface area (Å²) in [6, 6.07) is 4.73. The van der Waals surface area contributed by atoms with E-state index in [1.165, 1.54) is 6.07 Å². The maximum Gasteiger partial charge on any atom is 0.129 e. The van der Waals surface area contributed by atoms with Crippen molar-refractivity contribution >= 4 is 11.6 Å². The minimum Gasteiger partial charge on any atom is -0.376 e. The number of hydrogen-bond donors (Lipinski definition) is 1. The lowest BCUT2D eigenvalue weighted by Gasteiger charge is -2.27. The molecule has 1 aromatic rings. The fourth-order valence-corrected chi connectivity index (χ4v) is 2.68. The van der Waals surface area contributed by atoms with Gasteiger partial charge in [-0.15, -0.1) is 0 Å². The molecule has 18 heavy (non-hydrogen) atoms. The highest BCUT2D eigenvalue weighted by Gasteiger charge is 2.33. The van der Waals surface area contributed by atoms with Gasteiger partial charge in [-0.05, 0) is 31.0 Å². The molecule has 0 spiro atoms. The molecule has 1 aliphatic rings. The summed E-state index contributed by atoms with van der Waals surface area (Å²) in [6.45, 7) is 5.69. The van der Waals surface area contributed by atoms with Crippen LogP contribution in [0.4, 0.5) is 4.39 Å². The molecular formula is C14H19ClFNO. The SMILES string of the molecule is CCNC(c1ccc(Cl)cc1F)C1OCCC1C. The highest BCUT2D eigenvalue weighted by Crippen LogP contribution is 2.33. The molecule has 4 heteroatoms. The molecule has 1 aromatic carbocycles. The van der Waals surface area contributed by atoms with E-state index >= 15 is 0 Å². The topological polar surface area (TPSA) is 21.3 Å². The zero-order valence-electron chi connectivity index (χ0n) is 10.7. The predicted molar refractivity (Wildman–Crippen MR) is 71.3 cm³/mol. The maximum atomic E-state index is 14.0. The summed E-state index contributed by atoms with van der Waals surface area (Å²) < 4.78 is 19.8. The van der Waals surface area contributed by atoms with Crippen molar-refractivity contribution in [3.63, 3.8) is 0 Å². The normalized spacial score (nSPS) is 25.3. The van der Waals surface area contributed by atoms with E-state index in [1.54, 1.807) is 12.1 Å². The van der Waals surface area contributed by atoms with E-state index in [9.17, 15) is 4.39 Å². The van der Waals surface area contributed by atoms with Crippen molar-refractivity contribution in [2.24, 2.45) is 5.92 Å². The highest BCUT2D eigenvalue weighted by atomic mass is 35.5. The van der Waals surface area contributed by atoms with Gasteiger partial charge in [-0.1, -0.05) is 31.5 Å². The largest absolute Gasteiger partial charge is 0.376 e. The second kappa shape index (κ2) is 6.00. The van der Waals surface area contributed by atoms with Crippen molar-refractivity contribution in [2.75, 3.05) is 13.2 Å². The summed E-state index contributed by atoms with van der Waals surface area (Å²) in [5.74, 6) is 0.167. The molecule has 1 saturated heterocycles. The Bertz CT molecular complexity index is 413. The fourth-order valence-electron chi connectivity index (χ4n) is 2.52. The van der Waals surface area contributed by atoms with E-state index in [2.05, 4.69) is 12.2 Å². The van der Waals surface area contributed by atoms with Gasteiger partial charge in [0.15, 0.2) is 0 Å². The first-order valence-corrected chi connectivity index (χ1v) is 6.81. The Balaban J connectivity index is 2.28. The number of rotatable bonds is 4. The van der Waals surface area contributed by atoms with Crippen molar-refractivity contribution < 1.29 is 9.13 Å². The van der Waals surface area contributed by atoms with Gasteiger partial charge >= 0.3 is 0 Å². The van der Waals surface area contributed by atoms with Gasteiger partial charge in [0.1, 0.15) is 5.82 Å². The lowest BCUT2D eigenvalue weighted by molar-refractivity contribution is 0.0601. The Labute approximate surface area is 112 Å². The summed E-state index contributed by atoms with van der Waals surface area (Å²) in [5, 5.41) is 3.75. The Morgan fingerprint density at radius 2 is 2.33 bits per heavy atom. The van der Waals surface area contributed by atoms with E-state index in [0.29, 0.717) is 16.5 Å². The van der Waals surface area contributed by atoms with Crippen LogP contribution in [0.1, 0.15) is 31.9 Å². The van der Waals surface area contributed by atoms with Crippen LogP contribution in [0, 0.1) is 11.7 Å². The first-order valence-electron chi connectivity index (χ1n) is 6.43. The van der Waals surface area contributed by atoms with Crippen LogP contribution in [0.15, 0.2) is 18.2 Å². The molecule has 0 aliphatic carbocycles. The van der Waals surface area contributed by atoms with Crippen molar-refractivity contribution in [1.29, 1.82) is 0 Å². The summed E-state index contributed by atoms with van der Waals surface area (Å²) >= 11 is 5.80. The molecule has 0 radical (unpaired) electrons. The van der Waals surface area contributed by atoms with Crippen LogP contribution >= 0.6 is 11.6 Å². The van der Waals surface area contributed by atoms with E-state index in [-0.39, 0.29) is 18.0 Å². The van der Waals surface area contributed by atoms with Gasteiger partial charge in [0.25, 0.3) is 0 Å². The molecule has 1 heterocycles. The molecule has 1 aliphatic heterocycles. The average Bonchev–Trinajstić information content (AvgIpc) is 2.73. The number of nitrogens with one attached hydrogen (secondary N) is 1. The molecule has 0 aromatic heterocycles. The first kappa shape index (κ1) is 13.8. The fraction of sp³-hybridized carbons (Fsp3) is 0.571. The third-order valence-corrected chi connectivity index (χ3v) is 3.73. The monoisotopic (exact) mass is 271 g/mol. The van der Waals surface area contributed by atoms with Gasteiger partial charge < -0.3 is 10.1 Å². The van der Waals surface area contributed by atoms with Crippen LogP contribution in [0.2, 0.25) is 5.02 Å². The molecule has 0 amide bonds. The molecule has 1 N–H and O–H groups in total. The van der Waals surface area contributed by atoms with E-state index in [4.69, 9.17) is 16.3 Å². The second-order valence-electron chi connectivity index (χ2n) is 4.80. The van der Waals surface area contributed by atoms with Gasteiger partial charge in [0, 0.05) is 17.2 Å². The summed E-state index contributed by atoms with van der Waals surface area (Å²) in [7, 11) is 0. The molecule has 0 saturated carbocycles. The quantitative estimate of drug-likeness (QED) is 0.904. The number of benzene rings is 1. The lowest BCUT2D eigenvalue weighted by atomic mass is 9.92. The predicted octanol–water partition coefficient (Wildman–Crippen LogP) is 3.55. The highest BCUT2D eigenvalue weighted by molar-refractivity contribution is 6.30. The molecule has 2 nitrogen and oxygen atoms in total. The van der Waals surface area contributed by atoms with E-state index in [1.807, 2.05) is 6.92 Å². The lowest BCUT2D eigenvalue weighted by Crippen LogP contribution is -2.35. The van der Waals surface area contributed by atoms with Gasteiger partial charge in [-0.25, -0.2) is 4.39 Å². The van der Waals surface area contributed by atoms with E-state index in [0.717, 1.165) is 19.6 Å². The van der Waals surface area contributed by atoms with E-state index < -0.39 is 0 Å². The van der Waals surface area contributed by atoms with Crippen LogP contribution < -0.4 is 5.32 Å². The second-order valence-corrected chi connectivity index (χ2v) is 5.24. The third-order valence-electron chi connectivity index (χ3n) is 3.49. The van der Waals surface area contributed by atoms with Crippen LogP contribution in [-0.2, 0) is 4.74 Å². The van der Waals surface area contributed by atoms with Crippen molar-refractivity contribution in [2.45, 2.75) is 32.4 Å². The van der Waals surface area contributed by atoms with Crippen molar-refractivity contribution in [3.05, 3.63) is 34.6 Å². The summed E-state index contributed by atoms with van der Waals surface area (Å²) in [4.78, 5) is 0. The summed E-state index contributed by atoms with van der Waals surface area (Å²) in [6.07, 6.45) is 1.06. The standard InChI is InChI=1S/C14H19ClFNO/c1-3-17-13(14-9(2)6-7-18-14)11-5-4-10(15)8-12(11)16/h4-5,8-9,13-14,17H,3,6-7H2,1-2H3. The van der Waals surface area contributed by atoms with Crippen LogP contribution in [0.3, 0.4) is 0 Å². The Morgan fingerprint density at radius 3 is 2.89 bits per heavy atom. The summed E-state index contributed by atoms with van der Waals surface area (Å²) in [5.41, 5.74) is 0.639. The zero-order valence-corrected chi connectivity index (χ0v) is 11.5. The number of likely N-dealkylation sites (N-methyl/N-ethyl adjacent to an activating group) is 1. The molecular weight excluding hydrogens is 253 g/mol. The van der Waals surface area contributed by atoms with Gasteiger partial charge in [-0.2, -0.15) is 0 Å². The Morgan fingerprint density at radius 1 is 1.56 bits per heavy atom. The molecule has 3 atom stereocenters. The molecule has 3 unspecified atom stereocenters. The minimum absolute atomic E-state index is 0.0284. The number of ether oxygens (including phenoxy) is 1. The van der Waals surface area contributed by atoms with Gasteiger partial charge in [0.2, 0.25) is 0 Å². The molecule has 0 bridgehead atoms. The Hall–Kier alpha value is -0.640. The van der Waals surface area contributed by atoms with Crippen molar-refractivity contribution in [3.8, 4) is 0 Å². The maximum absolute atomic E-state index is 14.0.